The van der Waals surface area contributed by atoms with Crippen molar-refractivity contribution in [2.45, 2.75) is 13.3 Å². The maximum Gasteiger partial charge on any atom is 0.172 e. The summed E-state index contributed by atoms with van der Waals surface area (Å²) in [7, 11) is 3.13. The van der Waals surface area contributed by atoms with E-state index in [0.29, 0.717) is 17.1 Å². The lowest BCUT2D eigenvalue weighted by molar-refractivity contribution is 0.0988. The molecule has 0 aliphatic rings. The molecule has 0 atom stereocenters. The number of benzene rings is 1. The van der Waals surface area contributed by atoms with Crippen molar-refractivity contribution in [1.82, 2.24) is 4.98 Å². The third kappa shape index (κ3) is 2.96. The molecule has 1 aromatic heterocycles. The van der Waals surface area contributed by atoms with E-state index in [1.54, 1.807) is 26.5 Å². The van der Waals surface area contributed by atoms with Gasteiger partial charge in [0.05, 0.1) is 26.2 Å². The van der Waals surface area contributed by atoms with Gasteiger partial charge in [-0.1, -0.05) is 6.07 Å². The van der Waals surface area contributed by atoms with Gasteiger partial charge in [-0.25, -0.2) is 0 Å². The Labute approximate surface area is 118 Å². The number of methoxy groups -OCH3 is 2. The van der Waals surface area contributed by atoms with Crippen molar-refractivity contribution >= 4 is 5.78 Å². The number of nitrogens with zero attached hydrogens (tertiary/aromatic N) is 1. The van der Waals surface area contributed by atoms with Gasteiger partial charge in [0.15, 0.2) is 5.78 Å². The van der Waals surface area contributed by atoms with Crippen LogP contribution in [0.25, 0.3) is 0 Å². The average Bonchev–Trinajstić information content (AvgIpc) is 2.47. The predicted octanol–water partition coefficient (Wildman–Crippen LogP) is 2.83. The number of carbonyl (C=O) groups excluding carboxylic acids is 1. The molecule has 4 nitrogen and oxygen atoms in total. The number of hydrogen-bond acceptors (Lipinski definition) is 4. The second kappa shape index (κ2) is 6.19. The molecule has 0 amide bonds. The average molecular weight is 271 g/mol. The Hall–Kier alpha value is -2.36. The Kier molecular flexibility index (Phi) is 4.35. The first kappa shape index (κ1) is 14.1. The van der Waals surface area contributed by atoms with Gasteiger partial charge in [-0.15, -0.1) is 0 Å². The lowest BCUT2D eigenvalue weighted by Gasteiger charge is -2.12. The summed E-state index contributed by atoms with van der Waals surface area (Å²) in [6.07, 6.45) is 1.94. The van der Waals surface area contributed by atoms with Crippen LogP contribution in [-0.2, 0) is 6.42 Å². The Morgan fingerprint density at radius 3 is 2.60 bits per heavy atom. The summed E-state index contributed by atoms with van der Waals surface area (Å²) in [5.74, 6) is 1.19. The Balaban J connectivity index is 2.34. The van der Waals surface area contributed by atoms with E-state index in [9.17, 15) is 4.79 Å². The van der Waals surface area contributed by atoms with E-state index >= 15 is 0 Å². The van der Waals surface area contributed by atoms with Gasteiger partial charge in [-0.2, -0.15) is 0 Å². The second-order valence-corrected chi connectivity index (χ2v) is 4.44. The highest BCUT2D eigenvalue weighted by molar-refractivity contribution is 6.01. The van der Waals surface area contributed by atoms with E-state index in [4.69, 9.17) is 9.47 Å². The molecule has 1 heterocycles. The zero-order valence-electron chi connectivity index (χ0n) is 11.8. The third-order valence-corrected chi connectivity index (χ3v) is 3.08. The van der Waals surface area contributed by atoms with Crippen LogP contribution in [0.4, 0.5) is 0 Å². The molecule has 0 saturated carbocycles. The minimum Gasteiger partial charge on any atom is -0.497 e. The number of aromatic nitrogens is 1. The summed E-state index contributed by atoms with van der Waals surface area (Å²) in [6, 6.07) is 9.08. The maximum atomic E-state index is 12.5. The van der Waals surface area contributed by atoms with Crippen molar-refractivity contribution in [3.05, 3.63) is 53.3 Å². The van der Waals surface area contributed by atoms with Crippen molar-refractivity contribution in [1.29, 1.82) is 0 Å². The molecule has 0 aliphatic heterocycles. The largest absolute Gasteiger partial charge is 0.497 e. The van der Waals surface area contributed by atoms with Crippen molar-refractivity contribution in [2.24, 2.45) is 0 Å². The van der Waals surface area contributed by atoms with Gasteiger partial charge in [0.2, 0.25) is 0 Å². The molecule has 20 heavy (non-hydrogen) atoms. The fourth-order valence-corrected chi connectivity index (χ4v) is 2.11. The van der Waals surface area contributed by atoms with Crippen LogP contribution < -0.4 is 9.47 Å². The first-order valence-corrected chi connectivity index (χ1v) is 6.31. The van der Waals surface area contributed by atoms with Gasteiger partial charge in [-0.3, -0.25) is 9.78 Å². The molecule has 2 rings (SSSR count). The van der Waals surface area contributed by atoms with Crippen LogP contribution in [0.1, 0.15) is 21.6 Å². The molecule has 0 spiro atoms. The molecule has 104 valence electrons. The zero-order valence-corrected chi connectivity index (χ0v) is 11.8. The number of pyridine rings is 1. The van der Waals surface area contributed by atoms with Crippen molar-refractivity contribution in [3.8, 4) is 11.5 Å². The Bertz CT molecular complexity index is 609. The molecule has 0 fully saturated rings. The number of hydrogen-bond donors (Lipinski definition) is 0. The number of Topliss-reactive ketones (excluding diaryl/α,β-unsaturated/α-hetero) is 1. The van der Waals surface area contributed by atoms with Gasteiger partial charge in [-0.05, 0) is 30.7 Å². The van der Waals surface area contributed by atoms with Crippen molar-refractivity contribution < 1.29 is 14.3 Å². The van der Waals surface area contributed by atoms with Gasteiger partial charge < -0.3 is 9.47 Å². The van der Waals surface area contributed by atoms with Crippen LogP contribution in [-0.4, -0.2) is 25.0 Å². The summed E-state index contributed by atoms with van der Waals surface area (Å²) in [5, 5.41) is 0. The van der Waals surface area contributed by atoms with E-state index in [0.717, 1.165) is 11.3 Å². The van der Waals surface area contributed by atoms with E-state index in [-0.39, 0.29) is 12.2 Å². The van der Waals surface area contributed by atoms with E-state index in [1.165, 1.54) is 0 Å². The molecule has 0 saturated heterocycles. The van der Waals surface area contributed by atoms with Gasteiger partial charge in [0.1, 0.15) is 11.5 Å². The molecule has 0 bridgehead atoms. The lowest BCUT2D eigenvalue weighted by Crippen LogP contribution is -2.09. The number of aryl methyl sites for hydroxylation is 1. The molecular weight excluding hydrogens is 254 g/mol. The molecule has 1 aromatic carbocycles. The fraction of sp³-hybridized carbons (Fsp3) is 0.250. The standard InChI is InChI=1S/C16H17NO3/c1-11-8-13(19-2)10-15(20-3)16(11)14(18)9-12-6-4-5-7-17-12/h4-8,10H,9H2,1-3H3. The maximum absolute atomic E-state index is 12.5. The molecule has 0 unspecified atom stereocenters. The minimum absolute atomic E-state index is 0.0132. The van der Waals surface area contributed by atoms with Gasteiger partial charge >= 0.3 is 0 Å². The van der Waals surface area contributed by atoms with Crippen LogP contribution >= 0.6 is 0 Å². The summed E-state index contributed by atoms with van der Waals surface area (Å²) in [6.45, 7) is 1.87. The number of carbonyl (C=O) groups is 1. The second-order valence-electron chi connectivity index (χ2n) is 4.44. The first-order valence-electron chi connectivity index (χ1n) is 6.31. The topological polar surface area (TPSA) is 48.4 Å². The summed E-state index contributed by atoms with van der Waals surface area (Å²) < 4.78 is 10.5. The molecular formula is C16H17NO3. The van der Waals surface area contributed by atoms with E-state index in [1.807, 2.05) is 31.2 Å². The molecule has 0 N–H and O–H groups in total. The van der Waals surface area contributed by atoms with Gasteiger partial charge in [0, 0.05) is 18.0 Å². The minimum atomic E-state index is -0.0132. The number of ketones is 1. The number of ether oxygens (including phenoxy) is 2. The zero-order chi connectivity index (χ0) is 14.5. The molecule has 2 aromatic rings. The van der Waals surface area contributed by atoms with E-state index < -0.39 is 0 Å². The first-order chi connectivity index (χ1) is 9.65. The van der Waals surface area contributed by atoms with E-state index in [2.05, 4.69) is 4.98 Å². The summed E-state index contributed by atoms with van der Waals surface area (Å²) >= 11 is 0. The summed E-state index contributed by atoms with van der Waals surface area (Å²) in [5.41, 5.74) is 2.16. The van der Waals surface area contributed by atoms with Crippen LogP contribution in [0.3, 0.4) is 0 Å². The van der Waals surface area contributed by atoms with Crippen LogP contribution in [0.2, 0.25) is 0 Å². The molecule has 0 radical (unpaired) electrons. The molecule has 0 aliphatic carbocycles. The highest BCUT2D eigenvalue weighted by atomic mass is 16.5. The monoisotopic (exact) mass is 271 g/mol. The van der Waals surface area contributed by atoms with Crippen LogP contribution in [0, 0.1) is 6.92 Å². The fourth-order valence-electron chi connectivity index (χ4n) is 2.11. The lowest BCUT2D eigenvalue weighted by atomic mass is 9.99. The Morgan fingerprint density at radius 2 is 2.00 bits per heavy atom. The highest BCUT2D eigenvalue weighted by Crippen LogP contribution is 2.29. The van der Waals surface area contributed by atoms with Gasteiger partial charge in [0.25, 0.3) is 0 Å². The van der Waals surface area contributed by atoms with Crippen LogP contribution in [0.15, 0.2) is 36.5 Å². The smallest absolute Gasteiger partial charge is 0.172 e. The van der Waals surface area contributed by atoms with Crippen molar-refractivity contribution in [2.75, 3.05) is 14.2 Å². The quantitative estimate of drug-likeness (QED) is 0.785. The summed E-state index contributed by atoms with van der Waals surface area (Å²) in [4.78, 5) is 16.6. The SMILES string of the molecule is COc1cc(C)c(C(=O)Cc2ccccn2)c(OC)c1. The highest BCUT2D eigenvalue weighted by Gasteiger charge is 2.17. The van der Waals surface area contributed by atoms with Crippen LogP contribution in [0.5, 0.6) is 11.5 Å². The van der Waals surface area contributed by atoms with Crippen molar-refractivity contribution in [3.63, 3.8) is 0 Å². The molecule has 4 heteroatoms. The number of rotatable bonds is 5. The Morgan fingerprint density at radius 1 is 1.20 bits per heavy atom. The predicted molar refractivity (Wildman–Crippen MR) is 76.6 cm³/mol. The normalized spacial score (nSPS) is 10.2. The third-order valence-electron chi connectivity index (χ3n) is 3.08.